The van der Waals surface area contributed by atoms with E-state index < -0.39 is 0 Å². The van der Waals surface area contributed by atoms with Gasteiger partial charge in [0.25, 0.3) is 0 Å². The summed E-state index contributed by atoms with van der Waals surface area (Å²) in [6, 6.07) is 7.29. The fourth-order valence-corrected chi connectivity index (χ4v) is 2.51. The first-order chi connectivity index (χ1) is 9.51. The molecule has 0 saturated carbocycles. The summed E-state index contributed by atoms with van der Waals surface area (Å²) in [5.41, 5.74) is 6.82. The fourth-order valence-electron chi connectivity index (χ4n) is 1.62. The molecule has 0 bridgehead atoms. The van der Waals surface area contributed by atoms with Crippen molar-refractivity contribution in [3.05, 3.63) is 45.0 Å². The van der Waals surface area contributed by atoms with Gasteiger partial charge in [0, 0.05) is 18.3 Å². The molecule has 4 nitrogen and oxygen atoms in total. The molecule has 0 aliphatic heterocycles. The molecule has 1 aromatic heterocycles. The maximum atomic E-state index is 5.85. The molecule has 0 unspecified atom stereocenters. The van der Waals surface area contributed by atoms with E-state index in [0.29, 0.717) is 11.6 Å². The molecule has 1 heterocycles. The fraction of sp³-hybridized carbons (Fsp3) is 0.214. The van der Waals surface area contributed by atoms with E-state index in [1.54, 1.807) is 13.3 Å². The normalized spacial score (nSPS) is 12.1. The van der Waals surface area contributed by atoms with Crippen LogP contribution < -0.4 is 15.2 Å². The smallest absolute Gasteiger partial charge is 0.219 e. The Morgan fingerprint density at radius 1 is 1.15 bits per heavy atom. The third-order valence-corrected chi connectivity index (χ3v) is 3.94. The summed E-state index contributed by atoms with van der Waals surface area (Å²) in [6.07, 6.45) is 1.68. The van der Waals surface area contributed by atoms with Gasteiger partial charge in [0.15, 0.2) is 0 Å². The van der Waals surface area contributed by atoms with Gasteiger partial charge in [-0.3, -0.25) is 0 Å². The van der Waals surface area contributed by atoms with Crippen molar-refractivity contribution >= 4 is 31.9 Å². The third-order valence-electron chi connectivity index (χ3n) is 2.71. The van der Waals surface area contributed by atoms with Gasteiger partial charge in [0.2, 0.25) is 5.88 Å². The zero-order valence-corrected chi connectivity index (χ0v) is 14.2. The molecule has 0 aliphatic rings. The quantitative estimate of drug-likeness (QED) is 0.823. The van der Waals surface area contributed by atoms with Crippen LogP contribution in [0.3, 0.4) is 0 Å². The van der Waals surface area contributed by atoms with E-state index in [2.05, 4.69) is 36.8 Å². The number of nitrogens with two attached hydrogens (primary N) is 1. The molecule has 1 aromatic carbocycles. The van der Waals surface area contributed by atoms with E-state index in [1.165, 1.54) is 0 Å². The van der Waals surface area contributed by atoms with Gasteiger partial charge < -0.3 is 15.2 Å². The monoisotopic (exact) mass is 400 g/mol. The lowest BCUT2D eigenvalue weighted by molar-refractivity contribution is 0.408. The second kappa shape index (κ2) is 6.56. The molecule has 0 aliphatic carbocycles. The van der Waals surface area contributed by atoms with Gasteiger partial charge in [-0.15, -0.1) is 0 Å². The predicted octanol–water partition coefficient (Wildman–Crippen LogP) is 4.43. The van der Waals surface area contributed by atoms with E-state index in [0.717, 1.165) is 20.3 Å². The van der Waals surface area contributed by atoms with Gasteiger partial charge in [-0.1, -0.05) is 0 Å². The van der Waals surface area contributed by atoms with Crippen molar-refractivity contribution in [3.8, 4) is 17.4 Å². The summed E-state index contributed by atoms with van der Waals surface area (Å²) >= 11 is 6.88. The molecule has 6 heteroatoms. The van der Waals surface area contributed by atoms with E-state index >= 15 is 0 Å². The highest BCUT2D eigenvalue weighted by Gasteiger charge is 2.10. The van der Waals surface area contributed by atoms with Gasteiger partial charge in [-0.25, -0.2) is 4.98 Å². The number of ether oxygens (including phenoxy) is 2. The lowest BCUT2D eigenvalue weighted by Gasteiger charge is -2.11. The van der Waals surface area contributed by atoms with Gasteiger partial charge >= 0.3 is 0 Å². The van der Waals surface area contributed by atoms with Crippen molar-refractivity contribution < 1.29 is 9.47 Å². The maximum absolute atomic E-state index is 5.85. The number of rotatable bonds is 4. The minimum absolute atomic E-state index is 0.0635. The first kappa shape index (κ1) is 15.3. The number of hydrogen-bond donors (Lipinski definition) is 1. The zero-order valence-electron chi connectivity index (χ0n) is 11.1. The van der Waals surface area contributed by atoms with Crippen molar-refractivity contribution in [2.45, 2.75) is 13.0 Å². The molecule has 2 rings (SSSR count). The average molecular weight is 402 g/mol. The van der Waals surface area contributed by atoms with Gasteiger partial charge in [0.1, 0.15) is 11.5 Å². The number of aromatic nitrogens is 1. The number of halogens is 2. The number of pyridine rings is 1. The molecule has 20 heavy (non-hydrogen) atoms. The lowest BCUT2D eigenvalue weighted by Crippen LogP contribution is -2.05. The van der Waals surface area contributed by atoms with Crippen LogP contribution in [0.25, 0.3) is 0 Å². The van der Waals surface area contributed by atoms with Crippen LogP contribution in [0, 0.1) is 0 Å². The number of methoxy groups -OCH3 is 1. The first-order valence-corrected chi connectivity index (χ1v) is 7.52. The minimum atomic E-state index is -0.0635. The third kappa shape index (κ3) is 3.50. The first-order valence-electron chi connectivity index (χ1n) is 5.93. The Morgan fingerprint density at radius 3 is 2.45 bits per heavy atom. The van der Waals surface area contributed by atoms with Crippen molar-refractivity contribution in [2.24, 2.45) is 5.73 Å². The van der Waals surface area contributed by atoms with Crippen LogP contribution in [-0.4, -0.2) is 12.1 Å². The van der Waals surface area contributed by atoms with Crippen LogP contribution in [0.1, 0.15) is 18.5 Å². The molecular formula is C14H14Br2N2O2. The van der Waals surface area contributed by atoms with Crippen LogP contribution >= 0.6 is 31.9 Å². The Bertz CT molecular complexity index is 618. The molecule has 0 amide bonds. The predicted molar refractivity (Wildman–Crippen MR) is 85.3 cm³/mol. The SMILES string of the molecule is COc1cc(Br)c(Oc2cc([C@H](C)N)ccn2)cc1Br. The van der Waals surface area contributed by atoms with Crippen LogP contribution in [0.5, 0.6) is 17.4 Å². The molecule has 0 fully saturated rings. The summed E-state index contributed by atoms with van der Waals surface area (Å²) in [4.78, 5) is 4.19. The zero-order chi connectivity index (χ0) is 14.7. The summed E-state index contributed by atoms with van der Waals surface area (Å²) in [5.74, 6) is 1.87. The molecular weight excluding hydrogens is 388 g/mol. The second-order valence-electron chi connectivity index (χ2n) is 4.24. The number of benzene rings is 1. The Morgan fingerprint density at radius 2 is 1.80 bits per heavy atom. The van der Waals surface area contributed by atoms with Gasteiger partial charge in [0.05, 0.1) is 16.1 Å². The summed E-state index contributed by atoms with van der Waals surface area (Å²) < 4.78 is 12.6. The van der Waals surface area contributed by atoms with E-state index in [4.69, 9.17) is 15.2 Å². The van der Waals surface area contributed by atoms with Crippen LogP contribution in [-0.2, 0) is 0 Å². The van der Waals surface area contributed by atoms with Gasteiger partial charge in [-0.05, 0) is 62.5 Å². The maximum Gasteiger partial charge on any atom is 0.219 e. The van der Waals surface area contributed by atoms with Crippen molar-refractivity contribution in [1.29, 1.82) is 0 Å². The van der Waals surface area contributed by atoms with E-state index in [1.807, 2.05) is 31.2 Å². The standard InChI is InChI=1S/C14H14Br2N2O2/c1-8(17)9-3-4-18-14(5-9)20-13-7-10(15)12(19-2)6-11(13)16/h3-8H,17H2,1-2H3/t8-/m0/s1. The molecule has 2 aromatic rings. The highest BCUT2D eigenvalue weighted by Crippen LogP contribution is 2.37. The largest absolute Gasteiger partial charge is 0.496 e. The van der Waals surface area contributed by atoms with E-state index in [-0.39, 0.29) is 6.04 Å². The Labute approximate surface area is 134 Å². The number of nitrogens with zero attached hydrogens (tertiary/aromatic N) is 1. The van der Waals surface area contributed by atoms with Gasteiger partial charge in [-0.2, -0.15) is 0 Å². The Hall–Kier alpha value is -1.11. The molecule has 0 spiro atoms. The topological polar surface area (TPSA) is 57.4 Å². The summed E-state index contributed by atoms with van der Waals surface area (Å²) in [6.45, 7) is 1.92. The molecule has 2 N–H and O–H groups in total. The molecule has 0 radical (unpaired) electrons. The van der Waals surface area contributed by atoms with Crippen molar-refractivity contribution in [1.82, 2.24) is 4.98 Å². The molecule has 106 valence electrons. The van der Waals surface area contributed by atoms with Crippen LogP contribution in [0.2, 0.25) is 0 Å². The summed E-state index contributed by atoms with van der Waals surface area (Å²) in [5, 5.41) is 0. The highest BCUT2D eigenvalue weighted by atomic mass is 79.9. The Kier molecular flexibility index (Phi) is 5.01. The summed E-state index contributed by atoms with van der Waals surface area (Å²) in [7, 11) is 1.61. The lowest BCUT2D eigenvalue weighted by atomic mass is 10.1. The van der Waals surface area contributed by atoms with Crippen molar-refractivity contribution in [3.63, 3.8) is 0 Å². The van der Waals surface area contributed by atoms with Crippen molar-refractivity contribution in [2.75, 3.05) is 7.11 Å². The Balaban J connectivity index is 2.30. The minimum Gasteiger partial charge on any atom is -0.496 e. The second-order valence-corrected chi connectivity index (χ2v) is 5.94. The highest BCUT2D eigenvalue weighted by molar-refractivity contribution is 9.11. The van der Waals surface area contributed by atoms with E-state index in [9.17, 15) is 0 Å². The molecule has 1 atom stereocenters. The van der Waals surface area contributed by atoms with Crippen LogP contribution in [0.15, 0.2) is 39.4 Å². The molecule has 0 saturated heterocycles. The van der Waals surface area contributed by atoms with Crippen LogP contribution in [0.4, 0.5) is 0 Å². The number of hydrogen-bond acceptors (Lipinski definition) is 4. The average Bonchev–Trinajstić information content (AvgIpc) is 2.42.